The maximum atomic E-state index is 15.6. The van der Waals surface area contributed by atoms with Crippen molar-refractivity contribution in [2.24, 2.45) is 9.98 Å². The van der Waals surface area contributed by atoms with Crippen molar-refractivity contribution < 1.29 is 0 Å². The van der Waals surface area contributed by atoms with E-state index in [1.807, 2.05) is 111 Å². The van der Waals surface area contributed by atoms with E-state index in [1.54, 1.807) is 0 Å². The van der Waals surface area contributed by atoms with Gasteiger partial charge in [0.05, 0.1) is 27.6 Å². The lowest BCUT2D eigenvalue weighted by Gasteiger charge is -2.23. The number of rotatable bonds is 5. The van der Waals surface area contributed by atoms with Gasteiger partial charge in [0, 0.05) is 81.4 Å². The topological polar surface area (TPSA) is 131 Å². The van der Waals surface area contributed by atoms with Crippen LogP contribution in [0.25, 0.3) is 65.6 Å². The number of nitrogens with zero attached hydrogens (tertiary/aromatic N) is 5. The minimum atomic E-state index is -0.244. The monoisotopic (exact) mass is 1020 g/mol. The molecule has 0 radical (unpaired) electrons. The van der Waals surface area contributed by atoms with E-state index in [9.17, 15) is 10.8 Å². The number of benzene rings is 7. The van der Waals surface area contributed by atoms with Crippen LogP contribution in [0, 0.1) is 10.8 Å². The molecule has 0 fully saturated rings. The van der Waals surface area contributed by atoms with Gasteiger partial charge >= 0.3 is 0 Å². The first kappa shape index (κ1) is 52.2. The standard InChI is InChI=1S/C67H70N8O2/c1-64(2,3)40-26-22-38(23-27-40)60(68)71-62(70-13)47-20-16-18-45-46-19-17-21-48(63(73(14)15)72-61(69)39-24-28-41(29-25-39)65(4,5)6)56(46)74(55(45)47)44-36-51-57-52(37-44)59(77)50-35-43(67(10,11)12)31-33-54(50)75(57)53-32-30-42(66(7,8)9)34-49(53)58(51)76/h16-37,69H,1-15H3,(H2,68,70,71)/b69-61?,72-63-. The Bertz CT molecular complexity index is 4140. The van der Waals surface area contributed by atoms with Gasteiger partial charge in [0.2, 0.25) is 0 Å². The van der Waals surface area contributed by atoms with E-state index in [0.29, 0.717) is 61.1 Å². The van der Waals surface area contributed by atoms with Gasteiger partial charge in [-0.05, 0) is 92.4 Å². The maximum absolute atomic E-state index is 15.6. The highest BCUT2D eigenvalue weighted by molar-refractivity contribution is 6.24. The van der Waals surface area contributed by atoms with Crippen LogP contribution in [0.2, 0.25) is 0 Å². The summed E-state index contributed by atoms with van der Waals surface area (Å²) in [6.07, 6.45) is 0. The molecule has 390 valence electrons. The summed E-state index contributed by atoms with van der Waals surface area (Å²) < 4.78 is 4.25. The number of hydrogen-bond donors (Lipinski definition) is 3. The van der Waals surface area contributed by atoms with Gasteiger partial charge in [-0.1, -0.05) is 168 Å². The predicted octanol–water partition coefficient (Wildman–Crippen LogP) is 14.2. The van der Waals surface area contributed by atoms with Crippen LogP contribution in [0.5, 0.6) is 0 Å². The van der Waals surface area contributed by atoms with E-state index < -0.39 is 0 Å². The van der Waals surface area contributed by atoms with Crippen LogP contribution in [0.15, 0.2) is 153 Å². The van der Waals surface area contributed by atoms with Crippen LogP contribution in [-0.4, -0.2) is 58.4 Å². The Kier molecular flexibility index (Phi) is 12.5. The number of hydrogen-bond acceptors (Lipinski definition) is 4. The largest absolute Gasteiger partial charge is 0.373 e. The molecule has 0 bridgehead atoms. The molecule has 0 saturated carbocycles. The summed E-state index contributed by atoms with van der Waals surface area (Å²) in [6, 6.07) is 44.4. The molecule has 0 aliphatic heterocycles. The molecule has 0 unspecified atom stereocenters. The van der Waals surface area contributed by atoms with Gasteiger partial charge in [0.15, 0.2) is 22.5 Å². The molecule has 10 nitrogen and oxygen atoms in total. The van der Waals surface area contributed by atoms with Crippen molar-refractivity contribution in [1.82, 2.24) is 19.2 Å². The molecular formula is C67H70N8O2. The average Bonchev–Trinajstić information content (AvgIpc) is 3.89. The van der Waals surface area contributed by atoms with Crippen LogP contribution in [-0.2, 0) is 21.7 Å². The van der Waals surface area contributed by atoms with Crippen molar-refractivity contribution >= 4 is 83.2 Å². The van der Waals surface area contributed by atoms with Crippen molar-refractivity contribution in [3.63, 3.8) is 0 Å². The minimum absolute atomic E-state index is 0.0582. The quantitative estimate of drug-likeness (QED) is 0.0686. The van der Waals surface area contributed by atoms with Gasteiger partial charge in [0.25, 0.3) is 0 Å². The Morgan fingerprint density at radius 3 is 1.29 bits per heavy atom. The molecule has 0 spiro atoms. The Balaban J connectivity index is 1.35. The molecule has 0 amide bonds. The first-order valence-corrected chi connectivity index (χ1v) is 26.5. The predicted molar refractivity (Wildman–Crippen MR) is 325 cm³/mol. The Morgan fingerprint density at radius 1 is 0.468 bits per heavy atom. The second kappa shape index (κ2) is 18.5. The van der Waals surface area contributed by atoms with Crippen molar-refractivity contribution in [1.29, 1.82) is 10.8 Å². The molecule has 0 aliphatic carbocycles. The van der Waals surface area contributed by atoms with Gasteiger partial charge in [-0.25, -0.2) is 9.98 Å². The summed E-state index contributed by atoms with van der Waals surface area (Å²) in [5, 5.41) is 25.9. The molecule has 3 N–H and O–H groups in total. The number of nitrogens with one attached hydrogen (secondary N) is 3. The lowest BCUT2D eigenvalue weighted by atomic mass is 9.85. The molecule has 3 heterocycles. The van der Waals surface area contributed by atoms with Crippen LogP contribution >= 0.6 is 0 Å². The SMILES string of the molecule is CN/C(=N\C(=N)c1ccc(C(C)(C)C)cc1)c1cccc2c3cccc(/C(=N/C(=N)c4ccc(C(C)(C)C)cc4)N(C)C)c3n(-c3cc4c(=O)c5cc(C(C)(C)C)ccc5n5c6ccc(C(C)(C)C)cc6c(=O)c(c3)c45)c12. The molecular weight excluding hydrogens is 949 g/mol. The van der Waals surface area contributed by atoms with Gasteiger partial charge in [0.1, 0.15) is 11.7 Å². The van der Waals surface area contributed by atoms with Crippen LogP contribution < -0.4 is 16.2 Å². The molecule has 0 atom stereocenters. The van der Waals surface area contributed by atoms with Gasteiger partial charge in [-0.15, -0.1) is 0 Å². The third-order valence-corrected chi connectivity index (χ3v) is 15.2. The summed E-state index contributed by atoms with van der Waals surface area (Å²) in [5.41, 5.74) is 10.3. The number of pyridine rings is 2. The van der Waals surface area contributed by atoms with E-state index in [0.717, 1.165) is 60.7 Å². The lowest BCUT2D eigenvalue weighted by Crippen LogP contribution is -2.25. The molecule has 0 aliphatic rings. The van der Waals surface area contributed by atoms with Gasteiger partial charge in [-0.3, -0.25) is 20.4 Å². The normalized spacial score (nSPS) is 13.2. The van der Waals surface area contributed by atoms with Crippen LogP contribution in [0.1, 0.15) is 128 Å². The molecule has 0 saturated heterocycles. The molecule has 77 heavy (non-hydrogen) atoms. The Hall–Kier alpha value is -8.24. The van der Waals surface area contributed by atoms with E-state index in [-0.39, 0.29) is 44.2 Å². The van der Waals surface area contributed by atoms with Crippen LogP contribution in [0.3, 0.4) is 0 Å². The second-order valence-electron chi connectivity index (χ2n) is 25.0. The molecule has 10 heteroatoms. The third-order valence-electron chi connectivity index (χ3n) is 15.2. The van der Waals surface area contributed by atoms with Crippen LogP contribution in [0.4, 0.5) is 0 Å². The average molecular weight is 1020 g/mol. The lowest BCUT2D eigenvalue weighted by molar-refractivity contribution is 0.590. The van der Waals surface area contributed by atoms with Gasteiger partial charge in [-0.2, -0.15) is 0 Å². The summed E-state index contributed by atoms with van der Waals surface area (Å²) in [5.74, 6) is 1.18. The van der Waals surface area contributed by atoms with Gasteiger partial charge < -0.3 is 19.2 Å². The summed E-state index contributed by atoms with van der Waals surface area (Å²) >= 11 is 0. The van der Waals surface area contributed by atoms with Crippen molar-refractivity contribution in [3.8, 4) is 5.69 Å². The molecule has 10 aromatic rings. The molecule has 10 rings (SSSR count). The maximum Gasteiger partial charge on any atom is 0.197 e. The summed E-state index contributed by atoms with van der Waals surface area (Å²) in [6.45, 7) is 25.9. The zero-order chi connectivity index (χ0) is 55.4. The first-order chi connectivity index (χ1) is 36.2. The number of fused-ring (bicyclic) bond motifs is 7. The fraction of sp³-hybridized carbons (Fsp3) is 0.284. The Labute approximate surface area is 451 Å². The summed E-state index contributed by atoms with van der Waals surface area (Å²) in [7, 11) is 5.67. The molecule has 7 aromatic carbocycles. The number of aliphatic imine (C=N–C) groups is 2. The number of amidine groups is 4. The van der Waals surface area contributed by atoms with E-state index in [2.05, 4.69) is 146 Å². The highest BCUT2D eigenvalue weighted by Gasteiger charge is 2.28. The van der Waals surface area contributed by atoms with Crippen molar-refractivity contribution in [3.05, 3.63) is 198 Å². The second-order valence-corrected chi connectivity index (χ2v) is 25.0. The minimum Gasteiger partial charge on any atom is -0.373 e. The number of para-hydroxylation sites is 2. The molecule has 3 aromatic heterocycles. The number of aromatic nitrogens is 2. The van der Waals surface area contributed by atoms with Crippen molar-refractivity contribution in [2.45, 2.75) is 105 Å². The summed E-state index contributed by atoms with van der Waals surface area (Å²) in [4.78, 5) is 43.2. The van der Waals surface area contributed by atoms with E-state index in [1.165, 1.54) is 0 Å². The zero-order valence-corrected chi connectivity index (χ0v) is 47.3. The van der Waals surface area contributed by atoms with Crippen molar-refractivity contribution in [2.75, 3.05) is 21.1 Å². The zero-order valence-electron chi connectivity index (χ0n) is 47.3. The highest BCUT2D eigenvalue weighted by atomic mass is 16.1. The van der Waals surface area contributed by atoms with E-state index in [4.69, 9.17) is 9.98 Å². The van der Waals surface area contributed by atoms with E-state index >= 15 is 9.59 Å². The Morgan fingerprint density at radius 2 is 0.870 bits per heavy atom. The third kappa shape index (κ3) is 9.07. The first-order valence-electron chi connectivity index (χ1n) is 26.5. The fourth-order valence-electron chi connectivity index (χ4n) is 10.8. The smallest absolute Gasteiger partial charge is 0.197 e. The highest BCUT2D eigenvalue weighted by Crippen LogP contribution is 2.40. The fourth-order valence-corrected chi connectivity index (χ4v) is 10.8.